The van der Waals surface area contributed by atoms with Gasteiger partial charge < -0.3 is 9.22 Å². The van der Waals surface area contributed by atoms with E-state index in [1.807, 2.05) is 0 Å². The summed E-state index contributed by atoms with van der Waals surface area (Å²) in [7, 11) is 0.104. The number of rotatable bonds is 1. The number of hydrogen-bond acceptors (Lipinski definition) is 2. The van der Waals surface area contributed by atoms with E-state index < -0.39 is 10.0 Å². The third kappa shape index (κ3) is 11.1. The van der Waals surface area contributed by atoms with Crippen molar-refractivity contribution in [3.05, 3.63) is 0 Å². The Morgan fingerprint density at radius 1 is 1.80 bits per heavy atom. The van der Waals surface area contributed by atoms with Crippen LogP contribution in [0.4, 0.5) is 0 Å². The fraction of sp³-hybridized carbons (Fsp3) is 1.00. The van der Waals surface area contributed by atoms with Gasteiger partial charge in [0.25, 0.3) is 0 Å². The monoisotopic (exact) mass is 100.0 g/mol. The molecule has 0 rings (SSSR count). The average Bonchev–Trinajstić information content (AvgIpc) is 1.37. The van der Waals surface area contributed by atoms with E-state index in [0.717, 1.165) is 0 Å². The molecule has 0 saturated heterocycles. The van der Waals surface area contributed by atoms with Crippen LogP contribution in [0.1, 0.15) is 0 Å². The standard InChI is InChI=1S/CH5O2Si.Na/c1-3-4-2;/h4H2,1H3;/q-1;+1. The summed E-state index contributed by atoms with van der Waals surface area (Å²) in [5.41, 5.74) is 0. The van der Waals surface area contributed by atoms with Crippen LogP contribution in [-0.2, 0) is 4.43 Å². The maximum absolute atomic E-state index is 9.22. The maximum Gasteiger partial charge on any atom is 1.00 e. The van der Waals surface area contributed by atoms with E-state index in [-0.39, 0.29) is 29.6 Å². The van der Waals surface area contributed by atoms with Gasteiger partial charge in [0, 0.05) is 7.11 Å². The molecule has 0 aromatic heterocycles. The molecule has 0 aromatic rings. The summed E-state index contributed by atoms with van der Waals surface area (Å²) < 4.78 is 4.12. The molecule has 0 N–H and O–H groups in total. The Kier molecular flexibility index (Phi) is 16.9. The smallest absolute Gasteiger partial charge is 0.843 e. The molecule has 2 nitrogen and oxygen atoms in total. The topological polar surface area (TPSA) is 32.3 Å². The van der Waals surface area contributed by atoms with Gasteiger partial charge in [-0.3, -0.25) is 0 Å². The van der Waals surface area contributed by atoms with Gasteiger partial charge in [-0.25, -0.2) is 0 Å². The molecule has 0 aliphatic heterocycles. The first-order valence-corrected chi connectivity index (χ1v) is 2.14. The first kappa shape index (κ1) is 9.46. The van der Waals surface area contributed by atoms with Gasteiger partial charge in [0.1, 0.15) is 0 Å². The summed E-state index contributed by atoms with van der Waals surface area (Å²) in [6.07, 6.45) is 0. The van der Waals surface area contributed by atoms with Crippen molar-refractivity contribution in [3.8, 4) is 0 Å². The number of hydrogen-bond donors (Lipinski definition) is 0. The van der Waals surface area contributed by atoms with Crippen LogP contribution < -0.4 is 34.4 Å². The second-order valence-corrected chi connectivity index (χ2v) is 1.22. The molecule has 0 saturated carbocycles. The molecule has 0 fully saturated rings. The molecule has 0 unspecified atom stereocenters. The molecule has 0 aliphatic rings. The van der Waals surface area contributed by atoms with Crippen LogP contribution in [-0.4, -0.2) is 17.1 Å². The zero-order valence-corrected chi connectivity index (χ0v) is 6.94. The predicted molar refractivity (Wildman–Crippen MR) is 15.6 cm³/mol. The molecule has 0 spiro atoms. The quantitative estimate of drug-likeness (QED) is 0.309. The third-order valence-corrected chi connectivity index (χ3v) is 0.354. The second kappa shape index (κ2) is 8.93. The normalized spacial score (nSPS) is 8.40. The molecule has 0 amide bonds. The predicted octanol–water partition coefficient (Wildman–Crippen LogP) is -5.00. The van der Waals surface area contributed by atoms with Crippen molar-refractivity contribution in [3.63, 3.8) is 0 Å². The van der Waals surface area contributed by atoms with E-state index in [0.29, 0.717) is 0 Å². The van der Waals surface area contributed by atoms with Crippen LogP contribution in [0.15, 0.2) is 0 Å². The first-order valence-electron chi connectivity index (χ1n) is 0.986. The fourth-order valence-corrected chi connectivity index (χ4v) is 0. The molecule has 0 radical (unpaired) electrons. The van der Waals surface area contributed by atoms with Crippen LogP contribution in [0.5, 0.6) is 0 Å². The van der Waals surface area contributed by atoms with E-state index in [9.17, 15) is 4.80 Å². The van der Waals surface area contributed by atoms with Gasteiger partial charge in [0.2, 0.25) is 0 Å². The van der Waals surface area contributed by atoms with Crippen LogP contribution in [0.3, 0.4) is 0 Å². The molecule has 0 heterocycles. The van der Waals surface area contributed by atoms with Crippen molar-refractivity contribution in [2.75, 3.05) is 7.11 Å². The van der Waals surface area contributed by atoms with Crippen molar-refractivity contribution in [2.24, 2.45) is 0 Å². The van der Waals surface area contributed by atoms with Crippen LogP contribution in [0, 0.1) is 0 Å². The van der Waals surface area contributed by atoms with Crippen molar-refractivity contribution in [2.45, 2.75) is 0 Å². The van der Waals surface area contributed by atoms with Crippen LogP contribution in [0.2, 0.25) is 0 Å². The van der Waals surface area contributed by atoms with Crippen molar-refractivity contribution in [1.82, 2.24) is 0 Å². The Hall–Kier alpha value is 1.14. The summed E-state index contributed by atoms with van der Waals surface area (Å²) in [6.45, 7) is 0. The van der Waals surface area contributed by atoms with Gasteiger partial charge in [-0.15, -0.1) is 0 Å². The molecule has 5 heavy (non-hydrogen) atoms. The van der Waals surface area contributed by atoms with Gasteiger partial charge >= 0.3 is 29.6 Å². The van der Waals surface area contributed by atoms with Crippen molar-refractivity contribution >= 4 is 10.0 Å². The minimum absolute atomic E-state index is 0. The van der Waals surface area contributed by atoms with E-state index in [4.69, 9.17) is 0 Å². The van der Waals surface area contributed by atoms with Crippen molar-refractivity contribution < 1.29 is 38.8 Å². The summed E-state index contributed by atoms with van der Waals surface area (Å²) in [5.74, 6) is 0. The fourth-order valence-electron chi connectivity index (χ4n) is 0. The van der Waals surface area contributed by atoms with Gasteiger partial charge in [-0.05, 0) is 0 Å². The largest absolute Gasteiger partial charge is 1.00 e. The Morgan fingerprint density at radius 3 is 2.00 bits per heavy atom. The third-order valence-electron chi connectivity index (χ3n) is 0.118. The van der Waals surface area contributed by atoms with Gasteiger partial charge in [-0.2, -0.15) is 0 Å². The zero-order valence-electron chi connectivity index (χ0n) is 3.52. The Bertz CT molecular complexity index is 11.6. The minimum Gasteiger partial charge on any atom is -0.843 e. The van der Waals surface area contributed by atoms with E-state index >= 15 is 0 Å². The van der Waals surface area contributed by atoms with Crippen LogP contribution >= 0.6 is 0 Å². The molecule has 0 bridgehead atoms. The minimum atomic E-state index is -1.33. The van der Waals surface area contributed by atoms with Crippen LogP contribution in [0.25, 0.3) is 0 Å². The Labute approximate surface area is 55.9 Å². The van der Waals surface area contributed by atoms with Gasteiger partial charge in [-0.1, -0.05) is 0 Å². The molecule has 0 aliphatic carbocycles. The Balaban J connectivity index is 0. The SMILES string of the molecule is CO[SiH2][O-].[Na+]. The average molecular weight is 100 g/mol. The van der Waals surface area contributed by atoms with Crippen molar-refractivity contribution in [1.29, 1.82) is 0 Å². The summed E-state index contributed by atoms with van der Waals surface area (Å²) in [4.78, 5) is 9.22. The Morgan fingerprint density at radius 2 is 2.00 bits per heavy atom. The molecule has 0 aromatic carbocycles. The summed E-state index contributed by atoms with van der Waals surface area (Å²) >= 11 is 0. The molecule has 0 atom stereocenters. The van der Waals surface area contributed by atoms with Gasteiger partial charge in [0.05, 0.1) is 10.0 Å². The summed E-state index contributed by atoms with van der Waals surface area (Å²) in [5, 5.41) is 0. The first-order chi connectivity index (χ1) is 1.91. The van der Waals surface area contributed by atoms with E-state index in [1.165, 1.54) is 7.11 Å². The zero-order chi connectivity index (χ0) is 3.41. The molecule has 4 heteroatoms. The summed E-state index contributed by atoms with van der Waals surface area (Å²) in [6, 6.07) is 0. The molecular formula is CH5NaO2Si. The molecule has 26 valence electrons. The maximum atomic E-state index is 9.22. The second-order valence-electron chi connectivity index (χ2n) is 0.407. The van der Waals surface area contributed by atoms with E-state index in [1.54, 1.807) is 0 Å². The molecular weight excluding hydrogens is 95.1 g/mol. The van der Waals surface area contributed by atoms with Gasteiger partial charge in [0.15, 0.2) is 0 Å². The van der Waals surface area contributed by atoms with E-state index in [2.05, 4.69) is 4.43 Å².